The molecule has 0 bridgehead atoms. The van der Waals surface area contributed by atoms with Crippen LogP contribution in [0.4, 0.5) is 5.69 Å². The van der Waals surface area contributed by atoms with Crippen molar-refractivity contribution in [3.63, 3.8) is 0 Å². The second-order valence-electron chi connectivity index (χ2n) is 4.66. The van der Waals surface area contributed by atoms with Gasteiger partial charge in [-0.2, -0.15) is 0 Å². The van der Waals surface area contributed by atoms with Crippen LogP contribution in [-0.2, 0) is 4.79 Å². The van der Waals surface area contributed by atoms with Crippen LogP contribution in [0.3, 0.4) is 0 Å². The molecule has 0 aromatic heterocycles. The summed E-state index contributed by atoms with van der Waals surface area (Å²) in [6, 6.07) is 13.0. The van der Waals surface area contributed by atoms with Crippen molar-refractivity contribution in [1.82, 2.24) is 0 Å². The second kappa shape index (κ2) is 7.47. The Morgan fingerprint density at radius 1 is 1.27 bits per heavy atom. The van der Waals surface area contributed by atoms with Gasteiger partial charge in [-0.25, -0.2) is 0 Å². The van der Waals surface area contributed by atoms with Crippen LogP contribution in [-0.4, -0.2) is 13.0 Å². The van der Waals surface area contributed by atoms with Gasteiger partial charge in [-0.05, 0) is 46.1 Å². The summed E-state index contributed by atoms with van der Waals surface area (Å²) in [7, 11) is 1.53. The molecule has 0 aliphatic carbocycles. The molecular formula is C17H15BrClNO2. The van der Waals surface area contributed by atoms with E-state index in [-0.39, 0.29) is 5.91 Å². The number of methoxy groups -OCH3 is 1. The highest BCUT2D eigenvalue weighted by molar-refractivity contribution is 9.12. The van der Waals surface area contributed by atoms with Crippen molar-refractivity contribution in [3.8, 4) is 5.75 Å². The van der Waals surface area contributed by atoms with Gasteiger partial charge in [0.05, 0.1) is 17.3 Å². The number of hydrogen-bond acceptors (Lipinski definition) is 2. The van der Waals surface area contributed by atoms with Gasteiger partial charge < -0.3 is 10.1 Å². The van der Waals surface area contributed by atoms with Crippen molar-refractivity contribution in [3.05, 3.63) is 63.1 Å². The predicted octanol–water partition coefficient (Wildman–Crippen LogP) is 5.03. The fourth-order valence-corrected chi connectivity index (χ4v) is 2.39. The maximum absolute atomic E-state index is 12.3. The first-order chi connectivity index (χ1) is 10.5. The molecule has 0 aliphatic heterocycles. The van der Waals surface area contributed by atoms with E-state index in [0.29, 0.717) is 20.9 Å². The zero-order chi connectivity index (χ0) is 16.1. The SMILES string of the molecule is COc1cc(Cl)c(C)cc1NC(=O)C(Br)=Cc1ccccc1. The third-order valence-corrected chi connectivity index (χ3v) is 4.04. The van der Waals surface area contributed by atoms with Crippen molar-refractivity contribution in [2.24, 2.45) is 0 Å². The molecule has 22 heavy (non-hydrogen) atoms. The lowest BCUT2D eigenvalue weighted by atomic mass is 10.2. The minimum atomic E-state index is -0.260. The minimum Gasteiger partial charge on any atom is -0.495 e. The maximum atomic E-state index is 12.3. The summed E-state index contributed by atoms with van der Waals surface area (Å²) in [5.41, 5.74) is 2.37. The Kier molecular flexibility index (Phi) is 5.63. The largest absolute Gasteiger partial charge is 0.495 e. The van der Waals surface area contributed by atoms with Crippen molar-refractivity contribution in [2.45, 2.75) is 6.92 Å². The highest BCUT2D eigenvalue weighted by Gasteiger charge is 2.12. The molecule has 0 atom stereocenters. The first-order valence-corrected chi connectivity index (χ1v) is 7.76. The van der Waals surface area contributed by atoms with Crippen LogP contribution in [0.1, 0.15) is 11.1 Å². The normalized spacial score (nSPS) is 11.2. The van der Waals surface area contributed by atoms with E-state index in [1.54, 1.807) is 18.2 Å². The number of carbonyl (C=O) groups is 1. The lowest BCUT2D eigenvalue weighted by Crippen LogP contribution is -2.12. The Morgan fingerprint density at radius 3 is 2.59 bits per heavy atom. The molecule has 0 saturated heterocycles. The van der Waals surface area contributed by atoms with Crippen LogP contribution in [0.5, 0.6) is 5.75 Å². The zero-order valence-corrected chi connectivity index (χ0v) is 14.5. The van der Waals surface area contributed by atoms with E-state index >= 15 is 0 Å². The van der Waals surface area contributed by atoms with Crippen LogP contribution in [0, 0.1) is 6.92 Å². The van der Waals surface area contributed by atoms with Gasteiger partial charge in [-0.15, -0.1) is 0 Å². The number of carbonyl (C=O) groups excluding carboxylic acids is 1. The fraction of sp³-hybridized carbons (Fsp3) is 0.118. The topological polar surface area (TPSA) is 38.3 Å². The summed E-state index contributed by atoms with van der Waals surface area (Å²) in [5, 5.41) is 3.40. The number of nitrogens with one attached hydrogen (secondary N) is 1. The van der Waals surface area contributed by atoms with Crippen LogP contribution in [0.15, 0.2) is 46.9 Å². The summed E-state index contributed by atoms with van der Waals surface area (Å²) >= 11 is 9.36. The summed E-state index contributed by atoms with van der Waals surface area (Å²) in [6.07, 6.45) is 1.75. The summed E-state index contributed by atoms with van der Waals surface area (Å²) < 4.78 is 5.67. The molecule has 0 radical (unpaired) electrons. The van der Waals surface area contributed by atoms with Crippen molar-refractivity contribution in [2.75, 3.05) is 12.4 Å². The number of rotatable bonds is 4. The molecule has 3 nitrogen and oxygen atoms in total. The number of halogens is 2. The number of anilines is 1. The molecule has 1 N–H and O–H groups in total. The van der Waals surface area contributed by atoms with Crippen LogP contribution in [0.25, 0.3) is 6.08 Å². The molecule has 2 aromatic carbocycles. The molecule has 0 saturated carbocycles. The molecule has 1 amide bonds. The minimum absolute atomic E-state index is 0.260. The lowest BCUT2D eigenvalue weighted by Gasteiger charge is -2.12. The van der Waals surface area contributed by atoms with Crippen molar-refractivity contribution in [1.29, 1.82) is 0 Å². The average Bonchev–Trinajstić information content (AvgIpc) is 2.51. The highest BCUT2D eigenvalue weighted by Crippen LogP contribution is 2.31. The molecule has 0 aliphatic rings. The highest BCUT2D eigenvalue weighted by atomic mass is 79.9. The van der Waals surface area contributed by atoms with E-state index in [0.717, 1.165) is 11.1 Å². The monoisotopic (exact) mass is 379 g/mol. The average molecular weight is 381 g/mol. The van der Waals surface area contributed by atoms with E-state index in [4.69, 9.17) is 16.3 Å². The Balaban J connectivity index is 2.22. The van der Waals surface area contributed by atoms with E-state index in [2.05, 4.69) is 21.2 Å². The number of ether oxygens (including phenoxy) is 1. The zero-order valence-electron chi connectivity index (χ0n) is 12.2. The summed E-state index contributed by atoms with van der Waals surface area (Å²) in [5.74, 6) is 0.257. The number of hydrogen-bond donors (Lipinski definition) is 1. The molecule has 2 rings (SSSR count). The van der Waals surface area contributed by atoms with Gasteiger partial charge in [-0.3, -0.25) is 4.79 Å². The third-order valence-electron chi connectivity index (χ3n) is 3.04. The number of amides is 1. The second-order valence-corrected chi connectivity index (χ2v) is 5.92. The molecule has 0 spiro atoms. The van der Waals surface area contributed by atoms with E-state index in [9.17, 15) is 4.79 Å². The first kappa shape index (κ1) is 16.6. The van der Waals surface area contributed by atoms with E-state index < -0.39 is 0 Å². The number of benzene rings is 2. The van der Waals surface area contributed by atoms with Gasteiger partial charge >= 0.3 is 0 Å². The van der Waals surface area contributed by atoms with E-state index in [1.807, 2.05) is 37.3 Å². The predicted molar refractivity (Wildman–Crippen MR) is 94.7 cm³/mol. The Bertz CT molecular complexity index is 714. The smallest absolute Gasteiger partial charge is 0.262 e. The maximum Gasteiger partial charge on any atom is 0.262 e. The Labute approximate surface area is 143 Å². The van der Waals surface area contributed by atoms with Gasteiger partial charge in [0.2, 0.25) is 0 Å². The molecule has 0 fully saturated rings. The van der Waals surface area contributed by atoms with Crippen molar-refractivity contribution < 1.29 is 9.53 Å². The molecule has 0 unspecified atom stereocenters. The third kappa shape index (κ3) is 4.12. The molecule has 2 aromatic rings. The van der Waals surface area contributed by atoms with Crippen LogP contribution >= 0.6 is 27.5 Å². The van der Waals surface area contributed by atoms with Crippen LogP contribution < -0.4 is 10.1 Å². The first-order valence-electron chi connectivity index (χ1n) is 6.59. The summed E-state index contributed by atoms with van der Waals surface area (Å²) in [4.78, 5) is 12.3. The van der Waals surface area contributed by atoms with Crippen LogP contribution in [0.2, 0.25) is 5.02 Å². The van der Waals surface area contributed by atoms with Gasteiger partial charge in [0, 0.05) is 11.1 Å². The fourth-order valence-electron chi connectivity index (χ4n) is 1.87. The standard InChI is InChI=1S/C17H15BrClNO2/c1-11-8-15(16(22-2)10-14(11)19)20-17(21)13(18)9-12-6-4-3-5-7-12/h3-10H,1-2H3,(H,20,21). The lowest BCUT2D eigenvalue weighted by molar-refractivity contribution is -0.112. The van der Waals surface area contributed by atoms with Gasteiger partial charge in [-0.1, -0.05) is 41.9 Å². The molecule has 114 valence electrons. The molecule has 5 heteroatoms. The molecular weight excluding hydrogens is 366 g/mol. The summed E-state index contributed by atoms with van der Waals surface area (Å²) in [6.45, 7) is 1.87. The quantitative estimate of drug-likeness (QED) is 0.755. The number of aryl methyl sites for hydroxylation is 1. The van der Waals surface area contributed by atoms with E-state index in [1.165, 1.54) is 7.11 Å². The Hall–Kier alpha value is -1.78. The van der Waals surface area contributed by atoms with Crippen molar-refractivity contribution >= 4 is 45.2 Å². The Morgan fingerprint density at radius 2 is 1.95 bits per heavy atom. The molecule has 0 heterocycles. The van der Waals surface area contributed by atoms with Gasteiger partial charge in [0.15, 0.2) is 0 Å². The van der Waals surface area contributed by atoms with Gasteiger partial charge in [0.25, 0.3) is 5.91 Å². The van der Waals surface area contributed by atoms with Gasteiger partial charge in [0.1, 0.15) is 5.75 Å².